The van der Waals surface area contributed by atoms with Crippen molar-refractivity contribution in [3.63, 3.8) is 0 Å². The number of nitro benzene ring substituents is 1. The third-order valence-electron chi connectivity index (χ3n) is 4.72. The Labute approximate surface area is 182 Å². The van der Waals surface area contributed by atoms with Gasteiger partial charge in [0.2, 0.25) is 0 Å². The summed E-state index contributed by atoms with van der Waals surface area (Å²) in [5, 5.41) is 20.7. The van der Waals surface area contributed by atoms with E-state index in [9.17, 15) is 14.9 Å². The maximum absolute atomic E-state index is 12.6. The molecule has 4 aromatic rings. The Morgan fingerprint density at radius 3 is 2.19 bits per heavy atom. The largest absolute Gasteiger partial charge is 0.497 e. The van der Waals surface area contributed by atoms with Crippen LogP contribution in [-0.2, 0) is 0 Å². The number of azo groups is 1. The molecule has 8 nitrogen and oxygen atoms in total. The van der Waals surface area contributed by atoms with Crippen molar-refractivity contribution in [2.24, 2.45) is 10.2 Å². The van der Waals surface area contributed by atoms with Crippen LogP contribution in [0.15, 0.2) is 95.2 Å². The van der Waals surface area contributed by atoms with E-state index in [0.717, 1.165) is 5.39 Å². The highest BCUT2D eigenvalue weighted by atomic mass is 16.6. The number of non-ortho nitro benzene ring substituents is 1. The summed E-state index contributed by atoms with van der Waals surface area (Å²) in [6.45, 7) is 0. The Morgan fingerprint density at radius 1 is 0.844 bits per heavy atom. The Morgan fingerprint density at radius 2 is 1.53 bits per heavy atom. The predicted molar refractivity (Wildman–Crippen MR) is 119 cm³/mol. The van der Waals surface area contributed by atoms with Crippen LogP contribution < -0.4 is 9.47 Å². The van der Waals surface area contributed by atoms with E-state index in [1.807, 2.05) is 24.3 Å². The number of benzene rings is 4. The molecule has 0 saturated heterocycles. The molecule has 0 spiro atoms. The molecule has 8 heteroatoms. The number of methoxy groups -OCH3 is 1. The van der Waals surface area contributed by atoms with E-state index >= 15 is 0 Å². The highest BCUT2D eigenvalue weighted by Crippen LogP contribution is 2.34. The van der Waals surface area contributed by atoms with Gasteiger partial charge in [0.1, 0.15) is 11.5 Å². The molecule has 4 aromatic carbocycles. The van der Waals surface area contributed by atoms with Crippen molar-refractivity contribution >= 4 is 33.8 Å². The lowest BCUT2D eigenvalue weighted by atomic mass is 10.1. The molecule has 0 bridgehead atoms. The number of esters is 1. The first kappa shape index (κ1) is 20.7. The van der Waals surface area contributed by atoms with Gasteiger partial charge in [0.15, 0.2) is 0 Å². The number of fused-ring (bicyclic) bond motifs is 1. The molecule has 0 N–H and O–H groups in total. The van der Waals surface area contributed by atoms with Crippen LogP contribution in [0.4, 0.5) is 17.1 Å². The Balaban J connectivity index is 1.60. The minimum Gasteiger partial charge on any atom is -0.497 e. The van der Waals surface area contributed by atoms with E-state index in [1.54, 1.807) is 43.5 Å². The van der Waals surface area contributed by atoms with Gasteiger partial charge in [-0.2, -0.15) is 5.11 Å². The third-order valence-corrected chi connectivity index (χ3v) is 4.72. The van der Waals surface area contributed by atoms with Crippen molar-refractivity contribution in [3.05, 3.63) is 101 Å². The molecular formula is C24H17N3O5. The molecule has 0 amide bonds. The van der Waals surface area contributed by atoms with Crippen LogP contribution in [0.5, 0.6) is 11.5 Å². The van der Waals surface area contributed by atoms with Gasteiger partial charge in [-0.05, 0) is 48.5 Å². The molecule has 0 radical (unpaired) electrons. The SMILES string of the molecule is COc1ccc(C(=O)Oc2ccc(N=Nc3ccc([N+](=O)[O-])cc3)c3ccccc23)cc1. The second-order valence-electron chi connectivity index (χ2n) is 6.72. The summed E-state index contributed by atoms with van der Waals surface area (Å²) >= 11 is 0. The number of rotatable bonds is 6. The molecule has 0 saturated carbocycles. The van der Waals surface area contributed by atoms with Gasteiger partial charge in [-0.25, -0.2) is 4.79 Å². The number of hydrogen-bond donors (Lipinski definition) is 0. The molecule has 0 aliphatic rings. The van der Waals surface area contributed by atoms with Gasteiger partial charge in [0.25, 0.3) is 5.69 Å². The van der Waals surface area contributed by atoms with E-state index in [4.69, 9.17) is 9.47 Å². The molecule has 0 fully saturated rings. The van der Waals surface area contributed by atoms with Crippen LogP contribution in [-0.4, -0.2) is 18.0 Å². The lowest BCUT2D eigenvalue weighted by molar-refractivity contribution is -0.384. The third kappa shape index (κ3) is 4.44. The average Bonchev–Trinajstić information content (AvgIpc) is 2.83. The summed E-state index contributed by atoms with van der Waals surface area (Å²) in [6.07, 6.45) is 0. The van der Waals surface area contributed by atoms with Crippen molar-refractivity contribution < 1.29 is 19.2 Å². The minimum absolute atomic E-state index is 0.0163. The molecule has 0 atom stereocenters. The van der Waals surface area contributed by atoms with Crippen LogP contribution >= 0.6 is 0 Å². The normalized spacial score (nSPS) is 10.9. The molecule has 32 heavy (non-hydrogen) atoms. The molecule has 0 heterocycles. The first-order chi connectivity index (χ1) is 15.5. The number of carbonyl (C=O) groups is 1. The summed E-state index contributed by atoms with van der Waals surface area (Å²) in [4.78, 5) is 22.9. The number of carbonyl (C=O) groups excluding carboxylic acids is 1. The standard InChI is InChI=1S/C24H17N3O5/c1-31-19-12-6-16(7-13-19)24(28)32-23-15-14-22(20-4-2-3-5-21(20)23)26-25-17-8-10-18(11-9-17)27(29)30/h2-15H,1H3. The number of hydrogen-bond acceptors (Lipinski definition) is 7. The fourth-order valence-electron chi connectivity index (χ4n) is 3.07. The minimum atomic E-state index is -0.488. The number of ether oxygens (including phenoxy) is 2. The van der Waals surface area contributed by atoms with Crippen LogP contribution in [0.2, 0.25) is 0 Å². The maximum Gasteiger partial charge on any atom is 0.343 e. The van der Waals surface area contributed by atoms with Crippen molar-refractivity contribution in [1.29, 1.82) is 0 Å². The van der Waals surface area contributed by atoms with E-state index in [1.165, 1.54) is 24.3 Å². The average molecular weight is 427 g/mol. The van der Waals surface area contributed by atoms with Crippen LogP contribution in [0, 0.1) is 10.1 Å². The summed E-state index contributed by atoms with van der Waals surface area (Å²) in [5.41, 5.74) is 1.44. The number of nitro groups is 1. The zero-order valence-electron chi connectivity index (χ0n) is 17.0. The number of nitrogens with zero attached hydrogens (tertiary/aromatic N) is 3. The summed E-state index contributed by atoms with van der Waals surface area (Å²) in [5.74, 6) is 0.559. The molecule has 0 aliphatic heterocycles. The first-order valence-electron chi connectivity index (χ1n) is 9.59. The van der Waals surface area contributed by atoms with Crippen molar-refractivity contribution in [1.82, 2.24) is 0 Å². The van der Waals surface area contributed by atoms with E-state index in [-0.39, 0.29) is 5.69 Å². The highest BCUT2D eigenvalue weighted by Gasteiger charge is 2.13. The van der Waals surface area contributed by atoms with Crippen LogP contribution in [0.3, 0.4) is 0 Å². The van der Waals surface area contributed by atoms with Gasteiger partial charge < -0.3 is 9.47 Å². The van der Waals surface area contributed by atoms with Gasteiger partial charge in [0.05, 0.1) is 29.0 Å². The van der Waals surface area contributed by atoms with Crippen molar-refractivity contribution in [2.45, 2.75) is 0 Å². The smallest absolute Gasteiger partial charge is 0.343 e. The van der Waals surface area contributed by atoms with Gasteiger partial charge >= 0.3 is 5.97 Å². The first-order valence-corrected chi connectivity index (χ1v) is 9.59. The monoisotopic (exact) mass is 427 g/mol. The van der Waals surface area contributed by atoms with Crippen molar-refractivity contribution in [3.8, 4) is 11.5 Å². The molecule has 0 unspecified atom stereocenters. The van der Waals surface area contributed by atoms with Gasteiger partial charge in [0, 0.05) is 22.9 Å². The van der Waals surface area contributed by atoms with Gasteiger partial charge in [-0.15, -0.1) is 5.11 Å². The van der Waals surface area contributed by atoms with Gasteiger partial charge in [-0.3, -0.25) is 10.1 Å². The van der Waals surface area contributed by atoms with Crippen LogP contribution in [0.25, 0.3) is 10.8 Å². The maximum atomic E-state index is 12.6. The quantitative estimate of drug-likeness (QED) is 0.117. The molecule has 0 aliphatic carbocycles. The van der Waals surface area contributed by atoms with E-state index in [2.05, 4.69) is 10.2 Å². The van der Waals surface area contributed by atoms with Crippen LogP contribution in [0.1, 0.15) is 10.4 Å². The molecule has 158 valence electrons. The van der Waals surface area contributed by atoms with Crippen molar-refractivity contribution in [2.75, 3.05) is 7.11 Å². The Kier molecular flexibility index (Phi) is 5.85. The lowest BCUT2D eigenvalue weighted by Crippen LogP contribution is -2.08. The molecular weight excluding hydrogens is 410 g/mol. The Bertz CT molecular complexity index is 1320. The molecule has 4 rings (SSSR count). The topological polar surface area (TPSA) is 103 Å². The second-order valence-corrected chi connectivity index (χ2v) is 6.72. The van der Waals surface area contributed by atoms with E-state index in [0.29, 0.717) is 33.8 Å². The summed E-state index contributed by atoms with van der Waals surface area (Å²) in [6, 6.07) is 23.2. The zero-order chi connectivity index (χ0) is 22.5. The zero-order valence-corrected chi connectivity index (χ0v) is 17.0. The summed E-state index contributed by atoms with van der Waals surface area (Å²) < 4.78 is 10.7. The Hall–Kier alpha value is -4.59. The fourth-order valence-corrected chi connectivity index (χ4v) is 3.07. The van der Waals surface area contributed by atoms with E-state index < -0.39 is 10.9 Å². The predicted octanol–water partition coefficient (Wildman–Crippen LogP) is 6.39. The fraction of sp³-hybridized carbons (Fsp3) is 0.0417. The highest BCUT2D eigenvalue weighted by molar-refractivity contribution is 5.99. The van der Waals surface area contributed by atoms with Gasteiger partial charge in [-0.1, -0.05) is 24.3 Å². The second kappa shape index (κ2) is 9.05. The molecule has 0 aromatic heterocycles. The lowest BCUT2D eigenvalue weighted by Gasteiger charge is -2.09. The summed E-state index contributed by atoms with van der Waals surface area (Å²) in [7, 11) is 1.56.